The minimum Gasteiger partial charge on any atom is -0.495 e. The highest BCUT2D eigenvalue weighted by molar-refractivity contribution is 6.39. The summed E-state index contributed by atoms with van der Waals surface area (Å²) < 4.78 is 20.8. The third kappa shape index (κ3) is 4.24. The van der Waals surface area contributed by atoms with Crippen LogP contribution < -0.4 is 24.4 Å². The number of carbonyl (C=O) groups is 4. The summed E-state index contributed by atoms with van der Waals surface area (Å²) in [6.45, 7) is 0. The van der Waals surface area contributed by atoms with Gasteiger partial charge in [-0.3, -0.25) is 14.9 Å². The lowest BCUT2D eigenvalue weighted by Crippen LogP contribution is -2.54. The van der Waals surface area contributed by atoms with E-state index in [4.69, 9.17) is 18.6 Å². The Balaban J connectivity index is 1.65. The second kappa shape index (κ2) is 9.33. The van der Waals surface area contributed by atoms with Gasteiger partial charge in [0, 0.05) is 0 Å². The van der Waals surface area contributed by atoms with E-state index in [1.165, 1.54) is 56.9 Å². The van der Waals surface area contributed by atoms with Crippen LogP contribution >= 0.6 is 0 Å². The van der Waals surface area contributed by atoms with E-state index in [0.717, 1.165) is 4.90 Å². The van der Waals surface area contributed by atoms with Crippen LogP contribution in [-0.2, 0) is 9.59 Å². The lowest BCUT2D eigenvalue weighted by atomic mass is 10.1. The van der Waals surface area contributed by atoms with Crippen molar-refractivity contribution in [1.82, 2.24) is 5.32 Å². The number of methoxy groups -OCH3 is 2. The van der Waals surface area contributed by atoms with Crippen molar-refractivity contribution in [2.24, 2.45) is 0 Å². The fraction of sp³-hybridized carbons (Fsp3) is 0.0833. The summed E-state index contributed by atoms with van der Waals surface area (Å²) in [6, 6.07) is 13.0. The summed E-state index contributed by atoms with van der Waals surface area (Å²) in [4.78, 5) is 51.0. The number of nitrogens with one attached hydrogen (secondary N) is 1. The lowest BCUT2D eigenvalue weighted by Gasteiger charge is -2.27. The van der Waals surface area contributed by atoms with E-state index in [1.807, 2.05) is 0 Å². The van der Waals surface area contributed by atoms with Crippen LogP contribution in [0.5, 0.6) is 17.2 Å². The Morgan fingerprint density at radius 1 is 0.941 bits per heavy atom. The molecule has 2 heterocycles. The number of furan rings is 1. The summed E-state index contributed by atoms with van der Waals surface area (Å²) in [5, 5.41) is 2.15. The van der Waals surface area contributed by atoms with E-state index in [9.17, 15) is 19.2 Å². The van der Waals surface area contributed by atoms with Crippen LogP contribution in [0.25, 0.3) is 6.08 Å². The fourth-order valence-corrected chi connectivity index (χ4v) is 3.26. The molecule has 0 saturated carbocycles. The number of nitrogens with zero attached hydrogens (tertiary/aromatic N) is 1. The third-order valence-corrected chi connectivity index (χ3v) is 4.85. The Morgan fingerprint density at radius 3 is 2.41 bits per heavy atom. The number of urea groups is 1. The van der Waals surface area contributed by atoms with Crippen molar-refractivity contribution in [1.29, 1.82) is 0 Å². The first-order valence-electron chi connectivity index (χ1n) is 9.91. The van der Waals surface area contributed by atoms with Gasteiger partial charge < -0.3 is 18.6 Å². The highest BCUT2D eigenvalue weighted by Gasteiger charge is 2.38. The van der Waals surface area contributed by atoms with Crippen LogP contribution in [0.3, 0.4) is 0 Å². The van der Waals surface area contributed by atoms with E-state index in [1.54, 1.807) is 24.3 Å². The summed E-state index contributed by atoms with van der Waals surface area (Å²) in [5.74, 6) is -1.82. The van der Waals surface area contributed by atoms with Crippen LogP contribution in [0, 0.1) is 0 Å². The molecule has 0 spiro atoms. The standard InChI is InChI=1S/C24H18N2O8/c1-31-17-7-4-3-6-16(17)26-22(28)15(21(27)25-24(26)30)12-14-9-10-18(20(13-14)32-2)34-23(29)19-8-5-11-33-19/h3-13H,1-2H3,(H,25,27,30)/b15-12+. The van der Waals surface area contributed by atoms with E-state index in [-0.39, 0.29) is 34.3 Å². The molecule has 1 aliphatic heterocycles. The number of barbiturate groups is 1. The average Bonchev–Trinajstić information content (AvgIpc) is 3.38. The summed E-state index contributed by atoms with van der Waals surface area (Å²) in [6.07, 6.45) is 2.64. The second-order valence-corrected chi connectivity index (χ2v) is 6.91. The normalized spacial score (nSPS) is 14.7. The fourth-order valence-electron chi connectivity index (χ4n) is 3.26. The van der Waals surface area contributed by atoms with Gasteiger partial charge in [0.1, 0.15) is 11.3 Å². The molecule has 10 heteroatoms. The van der Waals surface area contributed by atoms with Gasteiger partial charge in [-0.1, -0.05) is 18.2 Å². The van der Waals surface area contributed by atoms with Gasteiger partial charge in [0.25, 0.3) is 11.8 Å². The van der Waals surface area contributed by atoms with Gasteiger partial charge in [0.05, 0.1) is 26.2 Å². The minimum atomic E-state index is -0.894. The molecular weight excluding hydrogens is 444 g/mol. The molecule has 4 rings (SSSR count). The van der Waals surface area contributed by atoms with Gasteiger partial charge in [-0.25, -0.2) is 14.5 Å². The predicted molar refractivity (Wildman–Crippen MR) is 119 cm³/mol. The predicted octanol–water partition coefficient (Wildman–Crippen LogP) is 3.18. The number of rotatable bonds is 6. The Morgan fingerprint density at radius 2 is 1.71 bits per heavy atom. The van der Waals surface area contributed by atoms with Crippen molar-refractivity contribution in [3.05, 3.63) is 77.8 Å². The first-order chi connectivity index (χ1) is 16.4. The first kappa shape index (κ1) is 22.3. The Kier molecular flexibility index (Phi) is 6.13. The molecule has 1 aliphatic rings. The molecule has 1 aromatic heterocycles. The average molecular weight is 462 g/mol. The Hall–Kier alpha value is -4.86. The smallest absolute Gasteiger partial charge is 0.379 e. The van der Waals surface area contributed by atoms with Crippen molar-refractivity contribution >= 4 is 35.6 Å². The number of hydrogen-bond acceptors (Lipinski definition) is 8. The van der Waals surface area contributed by atoms with Crippen LogP contribution in [0.2, 0.25) is 0 Å². The minimum absolute atomic E-state index is 0.0128. The number of benzene rings is 2. The van der Waals surface area contributed by atoms with Gasteiger partial charge in [0.2, 0.25) is 5.76 Å². The van der Waals surface area contributed by atoms with E-state index >= 15 is 0 Å². The van der Waals surface area contributed by atoms with E-state index in [0.29, 0.717) is 5.56 Å². The number of amides is 4. The SMILES string of the molecule is COc1cc(/C=C2\C(=O)NC(=O)N(c3ccccc3OC)C2=O)ccc1OC(=O)c1ccco1. The molecule has 0 aliphatic carbocycles. The largest absolute Gasteiger partial charge is 0.495 e. The van der Waals surface area contributed by atoms with Crippen molar-refractivity contribution < 1.29 is 37.8 Å². The molecule has 10 nitrogen and oxygen atoms in total. The maximum atomic E-state index is 13.1. The van der Waals surface area contributed by atoms with Crippen molar-refractivity contribution in [2.45, 2.75) is 0 Å². The zero-order valence-corrected chi connectivity index (χ0v) is 18.1. The maximum Gasteiger partial charge on any atom is 0.379 e. The molecule has 1 fully saturated rings. The van der Waals surface area contributed by atoms with Crippen LogP contribution in [0.4, 0.5) is 10.5 Å². The van der Waals surface area contributed by atoms with E-state index in [2.05, 4.69) is 5.32 Å². The van der Waals surface area contributed by atoms with Crippen LogP contribution in [-0.4, -0.2) is 38.0 Å². The molecule has 0 bridgehead atoms. The van der Waals surface area contributed by atoms with Gasteiger partial charge >= 0.3 is 12.0 Å². The molecule has 172 valence electrons. The van der Waals surface area contributed by atoms with Crippen molar-refractivity contribution in [3.63, 3.8) is 0 Å². The summed E-state index contributed by atoms with van der Waals surface area (Å²) >= 11 is 0. The summed E-state index contributed by atoms with van der Waals surface area (Å²) in [5.41, 5.74) is 0.291. The molecule has 0 unspecified atom stereocenters. The first-order valence-corrected chi connectivity index (χ1v) is 9.91. The van der Waals surface area contributed by atoms with Gasteiger partial charge in [-0.15, -0.1) is 0 Å². The molecule has 0 radical (unpaired) electrons. The number of esters is 1. The quantitative estimate of drug-likeness (QED) is 0.256. The third-order valence-electron chi connectivity index (χ3n) is 4.85. The van der Waals surface area contributed by atoms with Crippen LogP contribution in [0.1, 0.15) is 16.1 Å². The Bertz CT molecular complexity index is 1310. The number of anilines is 1. The highest BCUT2D eigenvalue weighted by atomic mass is 16.6. The second-order valence-electron chi connectivity index (χ2n) is 6.91. The topological polar surface area (TPSA) is 124 Å². The lowest BCUT2D eigenvalue weighted by molar-refractivity contribution is -0.122. The van der Waals surface area contributed by atoms with Crippen molar-refractivity contribution in [3.8, 4) is 17.2 Å². The van der Waals surface area contributed by atoms with E-state index < -0.39 is 23.8 Å². The molecule has 34 heavy (non-hydrogen) atoms. The molecule has 2 aromatic carbocycles. The number of hydrogen-bond donors (Lipinski definition) is 1. The van der Waals surface area contributed by atoms with Crippen molar-refractivity contribution in [2.75, 3.05) is 19.1 Å². The molecule has 0 atom stereocenters. The monoisotopic (exact) mass is 462 g/mol. The number of imide groups is 2. The number of ether oxygens (including phenoxy) is 3. The molecule has 3 aromatic rings. The highest BCUT2D eigenvalue weighted by Crippen LogP contribution is 2.32. The zero-order chi connectivity index (χ0) is 24.2. The van der Waals surface area contributed by atoms with Gasteiger partial charge in [-0.05, 0) is 48.0 Å². The number of carbonyl (C=O) groups excluding carboxylic acids is 4. The van der Waals surface area contributed by atoms with Gasteiger partial charge in [-0.2, -0.15) is 0 Å². The van der Waals surface area contributed by atoms with Gasteiger partial charge in [0.15, 0.2) is 11.5 Å². The molecule has 1 N–H and O–H groups in total. The van der Waals surface area contributed by atoms with Crippen LogP contribution in [0.15, 0.2) is 70.9 Å². The summed E-state index contributed by atoms with van der Waals surface area (Å²) in [7, 11) is 2.77. The molecule has 1 saturated heterocycles. The zero-order valence-electron chi connectivity index (χ0n) is 18.1. The number of para-hydroxylation sites is 2. The maximum absolute atomic E-state index is 13.1. The molecular formula is C24H18N2O8. The Labute approximate surface area is 193 Å². The molecule has 4 amide bonds.